The molecule has 0 saturated carbocycles. The maximum Gasteiger partial charge on any atom is 0.323 e. The standard InChI is InChI=1S/C15H18FN5O2/c1-10-18-14(20-23-10)7-11-3-2-6-21(9-11)15(22)19-13-5-4-12(16)8-17-13/h4-5,8,11H,2-3,6-7,9H2,1H3,(H,17,19,22)/t11-/m0/s1. The van der Waals surface area contributed by atoms with Crippen LogP contribution in [0.1, 0.15) is 24.6 Å². The van der Waals surface area contributed by atoms with Crippen LogP contribution in [0.4, 0.5) is 15.0 Å². The van der Waals surface area contributed by atoms with Crippen LogP contribution >= 0.6 is 0 Å². The van der Waals surface area contributed by atoms with Crippen LogP contribution in [0.15, 0.2) is 22.9 Å². The van der Waals surface area contributed by atoms with Crippen LogP contribution in [0.3, 0.4) is 0 Å². The second-order valence-corrected chi connectivity index (χ2v) is 5.68. The van der Waals surface area contributed by atoms with E-state index in [9.17, 15) is 9.18 Å². The van der Waals surface area contributed by atoms with E-state index < -0.39 is 5.82 Å². The van der Waals surface area contributed by atoms with Gasteiger partial charge in [0, 0.05) is 26.4 Å². The van der Waals surface area contributed by atoms with Crippen molar-refractivity contribution >= 4 is 11.8 Å². The minimum absolute atomic E-state index is 0.224. The van der Waals surface area contributed by atoms with E-state index in [0.717, 1.165) is 19.0 Å². The average molecular weight is 319 g/mol. The summed E-state index contributed by atoms with van der Waals surface area (Å²) in [6.07, 6.45) is 3.71. The number of piperidine rings is 1. The number of aryl methyl sites for hydroxylation is 1. The zero-order valence-electron chi connectivity index (χ0n) is 12.8. The maximum absolute atomic E-state index is 12.8. The van der Waals surface area contributed by atoms with Crippen molar-refractivity contribution in [3.05, 3.63) is 35.9 Å². The van der Waals surface area contributed by atoms with E-state index >= 15 is 0 Å². The number of nitrogens with zero attached hydrogens (tertiary/aromatic N) is 4. The molecule has 2 aromatic heterocycles. The Morgan fingerprint density at radius 1 is 1.52 bits per heavy atom. The third kappa shape index (κ3) is 4.02. The number of nitrogens with one attached hydrogen (secondary N) is 1. The third-order valence-electron chi connectivity index (χ3n) is 3.81. The lowest BCUT2D eigenvalue weighted by molar-refractivity contribution is 0.176. The third-order valence-corrected chi connectivity index (χ3v) is 3.81. The number of aromatic nitrogens is 3. The Morgan fingerprint density at radius 3 is 3.09 bits per heavy atom. The number of likely N-dealkylation sites (tertiary alicyclic amines) is 1. The molecule has 7 nitrogen and oxygen atoms in total. The van der Waals surface area contributed by atoms with Crippen LogP contribution in [0.25, 0.3) is 0 Å². The van der Waals surface area contributed by atoms with Gasteiger partial charge in [-0.25, -0.2) is 14.2 Å². The van der Waals surface area contributed by atoms with Crippen LogP contribution in [0.5, 0.6) is 0 Å². The van der Waals surface area contributed by atoms with Gasteiger partial charge in [0.25, 0.3) is 0 Å². The normalized spacial score (nSPS) is 18.0. The molecule has 0 unspecified atom stereocenters. The van der Waals surface area contributed by atoms with Gasteiger partial charge in [-0.1, -0.05) is 5.16 Å². The fourth-order valence-electron chi connectivity index (χ4n) is 2.74. The summed E-state index contributed by atoms with van der Waals surface area (Å²) in [4.78, 5) is 22.1. The van der Waals surface area contributed by atoms with Crippen molar-refractivity contribution in [2.75, 3.05) is 18.4 Å². The van der Waals surface area contributed by atoms with Gasteiger partial charge in [0.05, 0.1) is 6.20 Å². The van der Waals surface area contributed by atoms with Gasteiger partial charge in [-0.05, 0) is 30.9 Å². The molecule has 122 valence electrons. The maximum atomic E-state index is 12.8. The molecule has 0 bridgehead atoms. The summed E-state index contributed by atoms with van der Waals surface area (Å²) in [5.74, 6) is 1.43. The number of halogens is 1. The van der Waals surface area contributed by atoms with Crippen molar-refractivity contribution in [2.45, 2.75) is 26.2 Å². The number of urea groups is 1. The van der Waals surface area contributed by atoms with Crippen LogP contribution in [0, 0.1) is 18.7 Å². The molecule has 1 aliphatic heterocycles. The van der Waals surface area contributed by atoms with Crippen LogP contribution in [-0.4, -0.2) is 39.1 Å². The Bertz CT molecular complexity index is 673. The van der Waals surface area contributed by atoms with E-state index in [-0.39, 0.29) is 6.03 Å². The molecule has 1 saturated heterocycles. The van der Waals surface area contributed by atoms with Gasteiger partial charge in [-0.3, -0.25) is 5.32 Å². The van der Waals surface area contributed by atoms with Crippen molar-refractivity contribution in [2.24, 2.45) is 5.92 Å². The summed E-state index contributed by atoms with van der Waals surface area (Å²) >= 11 is 0. The molecule has 3 heterocycles. The van der Waals surface area contributed by atoms with Crippen LogP contribution in [-0.2, 0) is 6.42 Å². The number of pyridine rings is 1. The van der Waals surface area contributed by atoms with Crippen molar-refractivity contribution in [3.8, 4) is 0 Å². The molecular formula is C15H18FN5O2. The minimum atomic E-state index is -0.434. The lowest BCUT2D eigenvalue weighted by Crippen LogP contribution is -2.43. The van der Waals surface area contributed by atoms with Crippen LogP contribution < -0.4 is 5.32 Å². The van der Waals surface area contributed by atoms with E-state index in [1.165, 1.54) is 12.1 Å². The monoisotopic (exact) mass is 319 g/mol. The molecule has 23 heavy (non-hydrogen) atoms. The second-order valence-electron chi connectivity index (χ2n) is 5.68. The first-order chi connectivity index (χ1) is 11.1. The highest BCUT2D eigenvalue weighted by Gasteiger charge is 2.25. The van der Waals surface area contributed by atoms with Gasteiger partial charge in [0.1, 0.15) is 11.6 Å². The SMILES string of the molecule is Cc1nc(C[C@@H]2CCCN(C(=O)Nc3ccc(F)cn3)C2)no1. The first-order valence-electron chi connectivity index (χ1n) is 7.57. The van der Waals surface area contributed by atoms with Gasteiger partial charge >= 0.3 is 6.03 Å². The minimum Gasteiger partial charge on any atom is -0.340 e. The predicted octanol–water partition coefficient (Wildman–Crippen LogP) is 2.40. The van der Waals surface area contributed by atoms with Crippen molar-refractivity contribution in [3.63, 3.8) is 0 Å². The zero-order chi connectivity index (χ0) is 16.2. The molecule has 8 heteroatoms. The molecule has 2 amide bonds. The Balaban J connectivity index is 1.56. The molecule has 1 aliphatic rings. The van der Waals surface area contributed by atoms with Crippen molar-refractivity contribution in [1.82, 2.24) is 20.0 Å². The molecule has 1 N–H and O–H groups in total. The number of hydrogen-bond acceptors (Lipinski definition) is 5. The summed E-state index contributed by atoms with van der Waals surface area (Å²) in [7, 11) is 0. The summed E-state index contributed by atoms with van der Waals surface area (Å²) in [6.45, 7) is 3.07. The molecule has 1 fully saturated rings. The highest BCUT2D eigenvalue weighted by molar-refractivity contribution is 5.88. The first kappa shape index (κ1) is 15.4. The summed E-state index contributed by atoms with van der Waals surface area (Å²) in [5, 5.41) is 6.59. The second kappa shape index (κ2) is 6.72. The molecular weight excluding hydrogens is 301 g/mol. The fraction of sp³-hybridized carbons (Fsp3) is 0.467. The Hall–Kier alpha value is -2.51. The quantitative estimate of drug-likeness (QED) is 0.939. The number of carbonyl (C=O) groups is 1. The first-order valence-corrected chi connectivity index (χ1v) is 7.57. The number of rotatable bonds is 3. The lowest BCUT2D eigenvalue weighted by Gasteiger charge is -2.32. The number of anilines is 1. The predicted molar refractivity (Wildman–Crippen MR) is 80.2 cm³/mol. The van der Waals surface area contributed by atoms with Crippen LogP contribution in [0.2, 0.25) is 0 Å². The molecule has 1 atom stereocenters. The Morgan fingerprint density at radius 2 is 2.39 bits per heavy atom. The van der Waals surface area contributed by atoms with E-state index in [4.69, 9.17) is 4.52 Å². The Kier molecular flexibility index (Phi) is 4.50. The van der Waals surface area contributed by atoms with Gasteiger partial charge in [-0.2, -0.15) is 4.98 Å². The van der Waals surface area contributed by atoms with E-state index in [2.05, 4.69) is 20.4 Å². The zero-order valence-corrected chi connectivity index (χ0v) is 12.8. The number of carbonyl (C=O) groups excluding carboxylic acids is 1. The fourth-order valence-corrected chi connectivity index (χ4v) is 2.74. The molecule has 3 rings (SSSR count). The highest BCUT2D eigenvalue weighted by Crippen LogP contribution is 2.20. The topological polar surface area (TPSA) is 84.2 Å². The molecule has 0 aliphatic carbocycles. The number of amides is 2. The molecule has 0 aromatic carbocycles. The molecule has 0 spiro atoms. The van der Waals surface area contributed by atoms with E-state index in [0.29, 0.717) is 43.0 Å². The van der Waals surface area contributed by atoms with E-state index in [1.807, 2.05) is 0 Å². The molecule has 0 radical (unpaired) electrons. The summed E-state index contributed by atoms with van der Waals surface area (Å²) in [6, 6.07) is 2.48. The van der Waals surface area contributed by atoms with Gasteiger partial charge < -0.3 is 9.42 Å². The lowest BCUT2D eigenvalue weighted by atomic mass is 9.95. The molecule has 2 aromatic rings. The smallest absolute Gasteiger partial charge is 0.323 e. The number of hydrogen-bond donors (Lipinski definition) is 1. The summed E-state index contributed by atoms with van der Waals surface area (Å²) < 4.78 is 17.8. The van der Waals surface area contributed by atoms with Crippen molar-refractivity contribution < 1.29 is 13.7 Å². The van der Waals surface area contributed by atoms with Gasteiger partial charge in [0.15, 0.2) is 5.82 Å². The summed E-state index contributed by atoms with van der Waals surface area (Å²) in [5.41, 5.74) is 0. The Labute approximate surface area is 132 Å². The van der Waals surface area contributed by atoms with E-state index in [1.54, 1.807) is 11.8 Å². The van der Waals surface area contributed by atoms with Gasteiger partial charge in [0.2, 0.25) is 5.89 Å². The largest absolute Gasteiger partial charge is 0.340 e. The highest BCUT2D eigenvalue weighted by atomic mass is 19.1. The average Bonchev–Trinajstić information content (AvgIpc) is 2.95. The van der Waals surface area contributed by atoms with Gasteiger partial charge in [-0.15, -0.1) is 0 Å². The van der Waals surface area contributed by atoms with Crippen molar-refractivity contribution in [1.29, 1.82) is 0 Å².